The molecule has 0 aliphatic heterocycles. The first-order valence-electron chi connectivity index (χ1n) is 8.34. The first-order valence-corrected chi connectivity index (χ1v) is 8.34. The molecule has 0 saturated heterocycles. The summed E-state index contributed by atoms with van der Waals surface area (Å²) in [6.07, 6.45) is 4.92. The molecule has 2 aromatic carbocycles. The highest BCUT2D eigenvalue weighted by Crippen LogP contribution is 2.16. The van der Waals surface area contributed by atoms with Gasteiger partial charge in [-0.15, -0.1) is 0 Å². The van der Waals surface area contributed by atoms with E-state index in [1.807, 2.05) is 12.1 Å². The van der Waals surface area contributed by atoms with Crippen LogP contribution in [0.2, 0.25) is 0 Å². The number of hydrogen-bond acceptors (Lipinski definition) is 1. The van der Waals surface area contributed by atoms with Crippen LogP contribution in [-0.4, -0.2) is 5.78 Å². The van der Waals surface area contributed by atoms with Gasteiger partial charge in [-0.25, -0.2) is 0 Å². The summed E-state index contributed by atoms with van der Waals surface area (Å²) in [6, 6.07) is 14.5. The summed E-state index contributed by atoms with van der Waals surface area (Å²) >= 11 is 0. The second kappa shape index (κ2) is 7.93. The molecule has 0 saturated carbocycles. The number of hydrogen-bond donors (Lipinski definition) is 0. The third-order valence-electron chi connectivity index (χ3n) is 4.11. The minimum atomic E-state index is 0.203. The zero-order chi connectivity index (χ0) is 15.9. The van der Waals surface area contributed by atoms with Crippen molar-refractivity contribution >= 4 is 5.78 Å². The number of benzene rings is 2. The lowest BCUT2D eigenvalue weighted by Crippen LogP contribution is -2.04. The molecule has 0 aliphatic rings. The van der Waals surface area contributed by atoms with Crippen molar-refractivity contribution in [3.8, 4) is 0 Å². The molecule has 0 fully saturated rings. The van der Waals surface area contributed by atoms with Gasteiger partial charge in [-0.2, -0.15) is 0 Å². The second-order valence-corrected chi connectivity index (χ2v) is 6.06. The molecule has 0 N–H and O–H groups in total. The summed E-state index contributed by atoms with van der Waals surface area (Å²) < 4.78 is 0. The van der Waals surface area contributed by atoms with Crippen molar-refractivity contribution in [1.29, 1.82) is 0 Å². The van der Waals surface area contributed by atoms with Crippen LogP contribution in [0.25, 0.3) is 0 Å². The maximum atomic E-state index is 12.4. The smallest absolute Gasteiger partial charge is 0.167 e. The summed E-state index contributed by atoms with van der Waals surface area (Å²) in [5, 5.41) is 0. The monoisotopic (exact) mass is 294 g/mol. The number of ketones is 1. The van der Waals surface area contributed by atoms with Crippen molar-refractivity contribution in [3.05, 3.63) is 70.3 Å². The fourth-order valence-electron chi connectivity index (χ4n) is 2.81. The molecule has 1 heteroatoms. The van der Waals surface area contributed by atoms with Crippen LogP contribution in [0.5, 0.6) is 0 Å². The van der Waals surface area contributed by atoms with E-state index in [1.54, 1.807) is 0 Å². The Hall–Kier alpha value is -1.89. The lowest BCUT2D eigenvalue weighted by atomic mass is 9.96. The van der Waals surface area contributed by atoms with E-state index in [-0.39, 0.29) is 5.78 Å². The van der Waals surface area contributed by atoms with E-state index in [2.05, 4.69) is 51.1 Å². The van der Waals surface area contributed by atoms with Crippen molar-refractivity contribution in [3.63, 3.8) is 0 Å². The summed E-state index contributed by atoms with van der Waals surface area (Å²) in [4.78, 5) is 12.4. The Morgan fingerprint density at radius 1 is 0.864 bits per heavy atom. The molecule has 0 spiro atoms. The molecule has 116 valence electrons. The van der Waals surface area contributed by atoms with Crippen LogP contribution in [-0.2, 0) is 19.3 Å². The Morgan fingerprint density at radius 3 is 2.14 bits per heavy atom. The molecule has 0 aromatic heterocycles. The number of carbonyl (C=O) groups excluding carboxylic acids is 1. The van der Waals surface area contributed by atoms with Gasteiger partial charge >= 0.3 is 0 Å². The van der Waals surface area contributed by atoms with Crippen LogP contribution in [0.15, 0.2) is 42.5 Å². The minimum Gasteiger partial charge on any atom is -0.294 e. The van der Waals surface area contributed by atoms with Crippen LogP contribution in [0.1, 0.15) is 59.3 Å². The molecule has 2 rings (SSSR count). The third-order valence-corrected chi connectivity index (χ3v) is 4.11. The van der Waals surface area contributed by atoms with E-state index in [0.29, 0.717) is 6.42 Å². The molecular formula is C21H26O. The average molecular weight is 294 g/mol. The van der Waals surface area contributed by atoms with Gasteiger partial charge in [-0.3, -0.25) is 4.79 Å². The lowest BCUT2D eigenvalue weighted by molar-refractivity contribution is 0.0993. The van der Waals surface area contributed by atoms with Crippen molar-refractivity contribution in [1.82, 2.24) is 0 Å². The van der Waals surface area contributed by atoms with Crippen LogP contribution in [0.3, 0.4) is 0 Å². The van der Waals surface area contributed by atoms with E-state index >= 15 is 0 Å². The lowest BCUT2D eigenvalue weighted by Gasteiger charge is -2.08. The molecule has 0 heterocycles. The van der Waals surface area contributed by atoms with Gasteiger partial charge in [-0.1, -0.05) is 69.2 Å². The molecule has 0 radical (unpaired) electrons. The van der Waals surface area contributed by atoms with Crippen molar-refractivity contribution in [2.75, 3.05) is 0 Å². The Morgan fingerprint density at radius 2 is 1.50 bits per heavy atom. The number of rotatable bonds is 7. The van der Waals surface area contributed by atoms with E-state index in [9.17, 15) is 4.79 Å². The van der Waals surface area contributed by atoms with E-state index in [4.69, 9.17) is 0 Å². The van der Waals surface area contributed by atoms with Gasteiger partial charge in [-0.05, 0) is 42.0 Å². The maximum absolute atomic E-state index is 12.4. The highest BCUT2D eigenvalue weighted by molar-refractivity contribution is 5.97. The quantitative estimate of drug-likeness (QED) is 0.631. The van der Waals surface area contributed by atoms with Gasteiger partial charge < -0.3 is 0 Å². The summed E-state index contributed by atoms with van der Waals surface area (Å²) in [5.41, 5.74) is 5.93. The molecule has 0 unspecified atom stereocenters. The van der Waals surface area contributed by atoms with Gasteiger partial charge in [0.2, 0.25) is 0 Å². The fraction of sp³-hybridized carbons (Fsp3) is 0.381. The standard InChI is InChI=1S/C21H26O/c1-4-6-17-10-12-19(13-11-17)21(22)15-18-9-8-16(3)20(14-18)7-5-2/h8-14H,4-7,15H2,1-3H3. The van der Waals surface area contributed by atoms with E-state index in [1.165, 1.54) is 16.7 Å². The summed E-state index contributed by atoms with van der Waals surface area (Å²) in [5.74, 6) is 0.203. The van der Waals surface area contributed by atoms with E-state index in [0.717, 1.165) is 36.8 Å². The van der Waals surface area contributed by atoms with Gasteiger partial charge in [0.05, 0.1) is 0 Å². The first-order chi connectivity index (χ1) is 10.6. The maximum Gasteiger partial charge on any atom is 0.167 e. The molecule has 1 nitrogen and oxygen atoms in total. The SMILES string of the molecule is CCCc1ccc(C(=O)Cc2ccc(C)c(CCC)c2)cc1. The van der Waals surface area contributed by atoms with Crippen LogP contribution in [0.4, 0.5) is 0 Å². The first kappa shape index (κ1) is 16.5. The van der Waals surface area contributed by atoms with Crippen LogP contribution >= 0.6 is 0 Å². The van der Waals surface area contributed by atoms with Gasteiger partial charge in [0.1, 0.15) is 0 Å². The molecule has 0 aliphatic carbocycles. The average Bonchev–Trinajstić information content (AvgIpc) is 2.52. The molecule has 22 heavy (non-hydrogen) atoms. The molecule has 0 amide bonds. The van der Waals surface area contributed by atoms with Crippen molar-refractivity contribution in [2.45, 2.75) is 52.9 Å². The highest BCUT2D eigenvalue weighted by atomic mass is 16.1. The fourth-order valence-corrected chi connectivity index (χ4v) is 2.81. The van der Waals surface area contributed by atoms with Gasteiger partial charge in [0.25, 0.3) is 0 Å². The Kier molecular flexibility index (Phi) is 5.94. The Labute approximate surface area is 134 Å². The molecular weight excluding hydrogens is 268 g/mol. The highest BCUT2D eigenvalue weighted by Gasteiger charge is 2.08. The largest absolute Gasteiger partial charge is 0.294 e. The number of carbonyl (C=O) groups is 1. The second-order valence-electron chi connectivity index (χ2n) is 6.06. The van der Waals surface area contributed by atoms with Gasteiger partial charge in [0.15, 0.2) is 5.78 Å². The van der Waals surface area contributed by atoms with Crippen molar-refractivity contribution in [2.24, 2.45) is 0 Å². The van der Waals surface area contributed by atoms with Gasteiger partial charge in [0, 0.05) is 12.0 Å². The topological polar surface area (TPSA) is 17.1 Å². The Bertz CT molecular complexity index is 623. The minimum absolute atomic E-state index is 0.203. The normalized spacial score (nSPS) is 10.7. The third kappa shape index (κ3) is 4.30. The number of Topliss-reactive ketones (excluding diaryl/α,β-unsaturated/α-hetero) is 1. The Balaban J connectivity index is 2.09. The molecule has 2 aromatic rings. The predicted molar refractivity (Wildman–Crippen MR) is 93.6 cm³/mol. The molecule has 0 atom stereocenters. The zero-order valence-electron chi connectivity index (χ0n) is 14.0. The summed E-state index contributed by atoms with van der Waals surface area (Å²) in [7, 11) is 0. The zero-order valence-corrected chi connectivity index (χ0v) is 14.0. The van der Waals surface area contributed by atoms with Crippen molar-refractivity contribution < 1.29 is 4.79 Å². The van der Waals surface area contributed by atoms with Crippen LogP contribution in [0, 0.1) is 6.92 Å². The summed E-state index contributed by atoms with van der Waals surface area (Å²) in [6.45, 7) is 6.50. The van der Waals surface area contributed by atoms with Crippen LogP contribution < -0.4 is 0 Å². The predicted octanol–water partition coefficient (Wildman–Crippen LogP) is 5.33. The van der Waals surface area contributed by atoms with E-state index < -0.39 is 0 Å². The number of aryl methyl sites for hydroxylation is 3. The molecule has 0 bridgehead atoms.